The molecule has 0 spiro atoms. The number of hydrogen-bond acceptors (Lipinski definition) is 1. The normalized spacial score (nSPS) is 35.3. The van der Waals surface area contributed by atoms with Crippen molar-refractivity contribution >= 4 is 5.91 Å². The summed E-state index contributed by atoms with van der Waals surface area (Å²) in [5.74, 6) is 2.87. The quantitative estimate of drug-likeness (QED) is 0.880. The van der Waals surface area contributed by atoms with Crippen LogP contribution in [0.4, 0.5) is 0 Å². The second-order valence-electron chi connectivity index (χ2n) is 9.20. The maximum atomic E-state index is 13.0. The summed E-state index contributed by atoms with van der Waals surface area (Å²) in [5.41, 5.74) is 1.03. The number of carbonyl (C=O) groups excluding carboxylic acids is 1. The number of carbonyl (C=O) groups is 1. The average Bonchev–Trinajstić information content (AvgIpc) is 2.45. The van der Waals surface area contributed by atoms with Crippen molar-refractivity contribution in [1.82, 2.24) is 5.32 Å². The van der Waals surface area contributed by atoms with Crippen LogP contribution in [0.3, 0.4) is 0 Å². The molecule has 0 saturated heterocycles. The molecular formula is C21H29NO. The van der Waals surface area contributed by atoms with Crippen LogP contribution < -0.4 is 5.32 Å². The summed E-state index contributed by atoms with van der Waals surface area (Å²) in [7, 11) is 0. The van der Waals surface area contributed by atoms with Crippen LogP contribution in [0.25, 0.3) is 0 Å². The van der Waals surface area contributed by atoms with Gasteiger partial charge in [-0.05, 0) is 68.3 Å². The summed E-state index contributed by atoms with van der Waals surface area (Å²) >= 11 is 0. The standard InChI is InChI=1S/C21H29NO/c1-20(2,11-15-6-4-3-5-7-15)19(23)22-21-12-16-8-17(13-21)10-18(9-16)14-21/h3-7,16-18H,8-14H2,1-2H3,(H,22,23). The highest BCUT2D eigenvalue weighted by Crippen LogP contribution is 2.55. The van der Waals surface area contributed by atoms with Crippen molar-refractivity contribution in [3.8, 4) is 0 Å². The summed E-state index contributed by atoms with van der Waals surface area (Å²) in [6.45, 7) is 4.19. The Morgan fingerprint density at radius 1 is 1.04 bits per heavy atom. The molecule has 5 rings (SSSR count). The number of rotatable bonds is 4. The lowest BCUT2D eigenvalue weighted by Gasteiger charge is -2.57. The van der Waals surface area contributed by atoms with E-state index in [1.165, 1.54) is 44.1 Å². The van der Waals surface area contributed by atoms with E-state index in [4.69, 9.17) is 0 Å². The van der Waals surface area contributed by atoms with Crippen molar-refractivity contribution in [2.75, 3.05) is 0 Å². The van der Waals surface area contributed by atoms with E-state index in [0.29, 0.717) is 0 Å². The summed E-state index contributed by atoms with van der Waals surface area (Å²) in [5, 5.41) is 3.55. The van der Waals surface area contributed by atoms with Crippen LogP contribution in [0.2, 0.25) is 0 Å². The SMILES string of the molecule is CC(C)(Cc1ccccc1)C(=O)NC12CC3CC(CC(C3)C1)C2. The highest BCUT2D eigenvalue weighted by Gasteiger charge is 2.52. The molecular weight excluding hydrogens is 282 g/mol. The molecule has 2 heteroatoms. The first-order chi connectivity index (χ1) is 10.9. The summed E-state index contributed by atoms with van der Waals surface area (Å²) in [6.07, 6.45) is 8.75. The third-order valence-electron chi connectivity index (χ3n) is 6.52. The molecule has 0 atom stereocenters. The zero-order valence-corrected chi connectivity index (χ0v) is 14.5. The van der Waals surface area contributed by atoms with Gasteiger partial charge in [-0.3, -0.25) is 4.79 Å². The number of nitrogens with one attached hydrogen (secondary N) is 1. The van der Waals surface area contributed by atoms with Crippen molar-refractivity contribution in [2.45, 2.75) is 64.3 Å². The van der Waals surface area contributed by atoms with Gasteiger partial charge < -0.3 is 5.32 Å². The van der Waals surface area contributed by atoms with Crippen LogP contribution in [0, 0.1) is 23.2 Å². The molecule has 4 saturated carbocycles. The molecule has 1 aromatic carbocycles. The molecule has 2 nitrogen and oxygen atoms in total. The molecule has 0 radical (unpaired) electrons. The lowest BCUT2D eigenvalue weighted by Crippen LogP contribution is -2.61. The topological polar surface area (TPSA) is 29.1 Å². The van der Waals surface area contributed by atoms with Gasteiger partial charge >= 0.3 is 0 Å². The maximum Gasteiger partial charge on any atom is 0.226 e. The largest absolute Gasteiger partial charge is 0.350 e. The molecule has 0 unspecified atom stereocenters. The van der Waals surface area contributed by atoms with E-state index >= 15 is 0 Å². The number of amides is 1. The summed E-state index contributed by atoms with van der Waals surface area (Å²) in [6, 6.07) is 10.4. The maximum absolute atomic E-state index is 13.0. The van der Waals surface area contributed by atoms with Crippen LogP contribution in [0.1, 0.15) is 57.9 Å². The second-order valence-corrected chi connectivity index (χ2v) is 9.20. The van der Waals surface area contributed by atoms with Gasteiger partial charge in [0.1, 0.15) is 0 Å². The van der Waals surface area contributed by atoms with Gasteiger partial charge in [-0.15, -0.1) is 0 Å². The first kappa shape index (κ1) is 15.2. The molecule has 1 amide bonds. The van der Waals surface area contributed by atoms with E-state index in [-0.39, 0.29) is 16.9 Å². The fourth-order valence-electron chi connectivity index (χ4n) is 5.86. The van der Waals surface area contributed by atoms with Crippen molar-refractivity contribution in [2.24, 2.45) is 23.2 Å². The minimum Gasteiger partial charge on any atom is -0.350 e. The van der Waals surface area contributed by atoms with Gasteiger partial charge in [0.2, 0.25) is 5.91 Å². The smallest absolute Gasteiger partial charge is 0.226 e. The van der Waals surface area contributed by atoms with E-state index in [0.717, 1.165) is 24.2 Å². The molecule has 1 N–H and O–H groups in total. The second kappa shape index (κ2) is 5.36. The Morgan fingerprint density at radius 3 is 2.09 bits per heavy atom. The molecule has 0 aliphatic heterocycles. The monoisotopic (exact) mass is 311 g/mol. The molecule has 0 aromatic heterocycles. The lowest BCUT2D eigenvalue weighted by molar-refractivity contribution is -0.135. The summed E-state index contributed by atoms with van der Waals surface area (Å²) in [4.78, 5) is 13.0. The zero-order chi connectivity index (χ0) is 16.1. The number of benzene rings is 1. The van der Waals surface area contributed by atoms with Crippen molar-refractivity contribution < 1.29 is 4.79 Å². The Bertz CT molecular complexity index is 554. The molecule has 1 aromatic rings. The third kappa shape index (κ3) is 2.93. The van der Waals surface area contributed by atoms with Crippen LogP contribution in [0.15, 0.2) is 30.3 Å². The Labute approximate surface area is 140 Å². The minimum absolute atomic E-state index is 0.125. The predicted molar refractivity (Wildman–Crippen MR) is 93.0 cm³/mol. The van der Waals surface area contributed by atoms with E-state index in [1.54, 1.807) is 0 Å². The fraction of sp³-hybridized carbons (Fsp3) is 0.667. The predicted octanol–water partition coefficient (Wildman–Crippen LogP) is 4.34. The average molecular weight is 311 g/mol. The molecule has 0 heterocycles. The van der Waals surface area contributed by atoms with Crippen molar-refractivity contribution in [3.05, 3.63) is 35.9 Å². The van der Waals surface area contributed by atoms with E-state index in [9.17, 15) is 4.79 Å². The van der Waals surface area contributed by atoms with E-state index < -0.39 is 0 Å². The van der Waals surface area contributed by atoms with Gasteiger partial charge in [-0.1, -0.05) is 44.2 Å². The Hall–Kier alpha value is -1.31. The van der Waals surface area contributed by atoms with Crippen LogP contribution in [0.5, 0.6) is 0 Å². The van der Waals surface area contributed by atoms with Crippen LogP contribution in [-0.4, -0.2) is 11.4 Å². The highest BCUT2D eigenvalue weighted by atomic mass is 16.2. The first-order valence-electron chi connectivity index (χ1n) is 9.31. The highest BCUT2D eigenvalue weighted by molar-refractivity contribution is 5.83. The summed E-state index contributed by atoms with van der Waals surface area (Å²) < 4.78 is 0. The van der Waals surface area contributed by atoms with Crippen molar-refractivity contribution in [3.63, 3.8) is 0 Å². The fourth-order valence-corrected chi connectivity index (χ4v) is 5.86. The van der Waals surface area contributed by atoms with E-state index in [2.05, 4.69) is 43.4 Å². The molecule has 4 bridgehead atoms. The van der Waals surface area contributed by atoms with Gasteiger partial charge in [0.05, 0.1) is 0 Å². The minimum atomic E-state index is -0.343. The number of hydrogen-bond donors (Lipinski definition) is 1. The van der Waals surface area contributed by atoms with Gasteiger partial charge in [-0.25, -0.2) is 0 Å². The van der Waals surface area contributed by atoms with Gasteiger partial charge in [0.25, 0.3) is 0 Å². The molecule has 124 valence electrons. The Balaban J connectivity index is 1.47. The Kier molecular flexibility index (Phi) is 3.55. The van der Waals surface area contributed by atoms with Gasteiger partial charge in [-0.2, -0.15) is 0 Å². The zero-order valence-electron chi connectivity index (χ0n) is 14.5. The molecule has 4 fully saturated rings. The van der Waals surface area contributed by atoms with Gasteiger partial charge in [0.15, 0.2) is 0 Å². The lowest BCUT2D eigenvalue weighted by atomic mass is 9.53. The van der Waals surface area contributed by atoms with E-state index in [1.807, 2.05) is 6.07 Å². The molecule has 23 heavy (non-hydrogen) atoms. The molecule has 4 aliphatic carbocycles. The van der Waals surface area contributed by atoms with Crippen LogP contribution >= 0.6 is 0 Å². The first-order valence-corrected chi connectivity index (χ1v) is 9.31. The third-order valence-corrected chi connectivity index (χ3v) is 6.52. The van der Waals surface area contributed by atoms with Crippen molar-refractivity contribution in [1.29, 1.82) is 0 Å². The molecule has 4 aliphatic rings. The van der Waals surface area contributed by atoms with Gasteiger partial charge in [0, 0.05) is 11.0 Å². The van der Waals surface area contributed by atoms with Crippen LogP contribution in [-0.2, 0) is 11.2 Å². The Morgan fingerprint density at radius 2 is 1.57 bits per heavy atom.